The van der Waals surface area contributed by atoms with E-state index in [1.165, 1.54) is 5.56 Å². The molecule has 2 aromatic rings. The number of morpholine rings is 1. The summed E-state index contributed by atoms with van der Waals surface area (Å²) >= 11 is 5.97. The van der Waals surface area contributed by atoms with Crippen LogP contribution in [-0.4, -0.2) is 30.1 Å². The lowest BCUT2D eigenvalue weighted by Gasteiger charge is -2.37. The molecule has 0 radical (unpaired) electrons. The molecule has 1 saturated heterocycles. The smallest absolute Gasteiger partial charge is 0.322 e. The van der Waals surface area contributed by atoms with Crippen LogP contribution in [-0.2, 0) is 4.74 Å². The highest BCUT2D eigenvalue weighted by Crippen LogP contribution is 2.26. The van der Waals surface area contributed by atoms with Crippen molar-refractivity contribution < 1.29 is 9.53 Å². The molecule has 2 atom stereocenters. The van der Waals surface area contributed by atoms with E-state index in [0.29, 0.717) is 23.8 Å². The quantitative estimate of drug-likeness (QED) is 0.862. The van der Waals surface area contributed by atoms with Gasteiger partial charge in [0.25, 0.3) is 0 Å². The van der Waals surface area contributed by atoms with Crippen LogP contribution in [0.15, 0.2) is 48.5 Å². The van der Waals surface area contributed by atoms with Crippen molar-refractivity contribution >= 4 is 23.3 Å². The molecule has 1 heterocycles. The predicted octanol–water partition coefficient (Wildman–Crippen LogP) is 4.64. The van der Waals surface area contributed by atoms with Gasteiger partial charge in [0, 0.05) is 17.3 Å². The van der Waals surface area contributed by atoms with E-state index < -0.39 is 0 Å². The average Bonchev–Trinajstić information content (AvgIpc) is 2.55. The molecule has 4 nitrogen and oxygen atoms in total. The van der Waals surface area contributed by atoms with Crippen LogP contribution in [0.1, 0.15) is 24.2 Å². The fourth-order valence-electron chi connectivity index (χ4n) is 2.85. The molecule has 3 rings (SSSR count). The number of anilines is 1. The van der Waals surface area contributed by atoms with Crippen molar-refractivity contribution in [2.24, 2.45) is 0 Å². The summed E-state index contributed by atoms with van der Waals surface area (Å²) in [4.78, 5) is 14.4. The van der Waals surface area contributed by atoms with Crippen molar-refractivity contribution in [2.75, 3.05) is 18.4 Å². The van der Waals surface area contributed by atoms with Gasteiger partial charge in [0.1, 0.15) is 6.10 Å². The highest BCUT2D eigenvalue weighted by atomic mass is 35.5. The molecule has 2 aromatic carbocycles. The average molecular weight is 345 g/mol. The number of aryl methyl sites for hydroxylation is 1. The van der Waals surface area contributed by atoms with Crippen molar-refractivity contribution in [1.29, 1.82) is 0 Å². The molecule has 1 N–H and O–H groups in total. The minimum Gasteiger partial charge on any atom is -0.367 e. The number of hydrogen-bond donors (Lipinski definition) is 1. The maximum absolute atomic E-state index is 12.6. The molecule has 24 heavy (non-hydrogen) atoms. The third-order valence-corrected chi connectivity index (χ3v) is 4.31. The summed E-state index contributed by atoms with van der Waals surface area (Å²) < 4.78 is 6.02. The second-order valence-corrected chi connectivity index (χ2v) is 6.63. The van der Waals surface area contributed by atoms with Crippen molar-refractivity contribution in [3.05, 3.63) is 64.7 Å². The molecule has 0 saturated carbocycles. The van der Waals surface area contributed by atoms with Gasteiger partial charge in [0.2, 0.25) is 0 Å². The Balaban J connectivity index is 1.70. The van der Waals surface area contributed by atoms with Gasteiger partial charge in [-0.3, -0.25) is 0 Å². The SMILES string of the molecule is Cc1ccc(C2CN(C(=O)Nc3cccc(Cl)c3)CC(C)O2)cc1. The molecule has 2 unspecified atom stereocenters. The molecule has 1 aliphatic rings. The molecule has 0 aromatic heterocycles. The highest BCUT2D eigenvalue weighted by Gasteiger charge is 2.29. The molecule has 5 heteroatoms. The molecule has 0 spiro atoms. The third kappa shape index (κ3) is 4.08. The summed E-state index contributed by atoms with van der Waals surface area (Å²) in [5, 5.41) is 3.50. The summed E-state index contributed by atoms with van der Waals surface area (Å²) in [6.45, 7) is 5.13. The number of halogens is 1. The third-order valence-electron chi connectivity index (χ3n) is 4.07. The first-order valence-electron chi connectivity index (χ1n) is 8.05. The lowest BCUT2D eigenvalue weighted by molar-refractivity contribution is -0.0642. The van der Waals surface area contributed by atoms with E-state index in [1.807, 2.05) is 19.1 Å². The van der Waals surface area contributed by atoms with Crippen molar-refractivity contribution in [1.82, 2.24) is 4.90 Å². The number of carbonyl (C=O) groups is 1. The summed E-state index contributed by atoms with van der Waals surface area (Å²) in [5.74, 6) is 0. The zero-order valence-electron chi connectivity index (χ0n) is 13.8. The van der Waals surface area contributed by atoms with E-state index in [0.717, 1.165) is 5.56 Å². The van der Waals surface area contributed by atoms with Crippen molar-refractivity contribution in [2.45, 2.75) is 26.1 Å². The highest BCUT2D eigenvalue weighted by molar-refractivity contribution is 6.30. The number of benzene rings is 2. The number of nitrogens with zero attached hydrogens (tertiary/aromatic N) is 1. The maximum Gasteiger partial charge on any atom is 0.322 e. The van der Waals surface area contributed by atoms with Gasteiger partial charge in [-0.15, -0.1) is 0 Å². The van der Waals surface area contributed by atoms with Crippen molar-refractivity contribution in [3.8, 4) is 0 Å². The number of rotatable bonds is 2. The molecular formula is C19H21ClN2O2. The minimum atomic E-state index is -0.135. The first-order valence-corrected chi connectivity index (χ1v) is 8.42. The second-order valence-electron chi connectivity index (χ2n) is 6.19. The zero-order valence-corrected chi connectivity index (χ0v) is 14.6. The molecule has 1 aliphatic heterocycles. The number of amides is 2. The lowest BCUT2D eigenvalue weighted by atomic mass is 10.1. The second kappa shape index (κ2) is 7.24. The fourth-order valence-corrected chi connectivity index (χ4v) is 3.04. The van der Waals surface area contributed by atoms with Gasteiger partial charge < -0.3 is 15.0 Å². The number of carbonyl (C=O) groups excluding carboxylic acids is 1. The van der Waals surface area contributed by atoms with E-state index in [1.54, 1.807) is 17.0 Å². The monoisotopic (exact) mass is 344 g/mol. The Bertz CT molecular complexity index is 718. The van der Waals surface area contributed by atoms with E-state index in [-0.39, 0.29) is 18.2 Å². The molecule has 2 amide bonds. The van der Waals surface area contributed by atoms with Crippen LogP contribution in [0.5, 0.6) is 0 Å². The molecule has 0 aliphatic carbocycles. The van der Waals surface area contributed by atoms with Crippen LogP contribution in [0.25, 0.3) is 0 Å². The van der Waals surface area contributed by atoms with Crippen LogP contribution >= 0.6 is 11.6 Å². The van der Waals surface area contributed by atoms with Gasteiger partial charge in [-0.25, -0.2) is 4.79 Å². The summed E-state index contributed by atoms with van der Waals surface area (Å²) in [5.41, 5.74) is 2.99. The Labute approximate surface area is 147 Å². The molecule has 1 fully saturated rings. The Hall–Kier alpha value is -2.04. The maximum atomic E-state index is 12.6. The molecular weight excluding hydrogens is 324 g/mol. The standard InChI is InChI=1S/C19H21ClN2O2/c1-13-6-8-15(9-7-13)18-12-22(11-14(2)24-18)19(23)21-17-5-3-4-16(20)10-17/h3-10,14,18H,11-12H2,1-2H3,(H,21,23). The van der Waals surface area contributed by atoms with E-state index in [9.17, 15) is 4.79 Å². The minimum absolute atomic E-state index is 0.0184. The topological polar surface area (TPSA) is 41.6 Å². The predicted molar refractivity (Wildman–Crippen MR) is 96.5 cm³/mol. The van der Waals surface area contributed by atoms with Crippen LogP contribution in [0, 0.1) is 6.92 Å². The fraction of sp³-hybridized carbons (Fsp3) is 0.316. The first-order chi connectivity index (χ1) is 11.5. The van der Waals surface area contributed by atoms with Gasteiger partial charge >= 0.3 is 6.03 Å². The van der Waals surface area contributed by atoms with E-state index in [2.05, 4.69) is 36.5 Å². The van der Waals surface area contributed by atoms with Crippen LogP contribution < -0.4 is 5.32 Å². The number of ether oxygens (including phenoxy) is 1. The summed E-state index contributed by atoms with van der Waals surface area (Å²) in [6, 6.07) is 15.3. The van der Waals surface area contributed by atoms with Crippen LogP contribution in [0.4, 0.5) is 10.5 Å². The Morgan fingerprint density at radius 2 is 1.96 bits per heavy atom. The number of hydrogen-bond acceptors (Lipinski definition) is 2. The van der Waals surface area contributed by atoms with E-state index >= 15 is 0 Å². The molecule has 126 valence electrons. The van der Waals surface area contributed by atoms with Gasteiger partial charge in [-0.2, -0.15) is 0 Å². The zero-order chi connectivity index (χ0) is 17.1. The van der Waals surface area contributed by atoms with E-state index in [4.69, 9.17) is 16.3 Å². The number of nitrogens with one attached hydrogen (secondary N) is 1. The van der Waals surface area contributed by atoms with Gasteiger partial charge in [-0.1, -0.05) is 47.5 Å². The van der Waals surface area contributed by atoms with Crippen molar-refractivity contribution in [3.63, 3.8) is 0 Å². The summed E-state index contributed by atoms with van der Waals surface area (Å²) in [7, 11) is 0. The summed E-state index contributed by atoms with van der Waals surface area (Å²) in [6.07, 6.45) is -0.130. The van der Waals surface area contributed by atoms with Crippen LogP contribution in [0.2, 0.25) is 5.02 Å². The Kier molecular flexibility index (Phi) is 5.07. The Morgan fingerprint density at radius 3 is 2.67 bits per heavy atom. The lowest BCUT2D eigenvalue weighted by Crippen LogP contribution is -2.47. The number of urea groups is 1. The normalized spacial score (nSPS) is 20.7. The molecule has 0 bridgehead atoms. The Morgan fingerprint density at radius 1 is 1.21 bits per heavy atom. The van der Waals surface area contributed by atoms with Gasteiger partial charge in [-0.05, 0) is 37.6 Å². The van der Waals surface area contributed by atoms with Gasteiger partial charge in [0.05, 0.1) is 12.6 Å². The first kappa shape index (κ1) is 16.8. The van der Waals surface area contributed by atoms with Crippen LogP contribution in [0.3, 0.4) is 0 Å². The largest absolute Gasteiger partial charge is 0.367 e. The van der Waals surface area contributed by atoms with Gasteiger partial charge in [0.15, 0.2) is 0 Å².